The van der Waals surface area contributed by atoms with Crippen LogP contribution in [0.15, 0.2) is 0 Å². The van der Waals surface area contributed by atoms with Crippen molar-refractivity contribution in [3.8, 4) is 0 Å². The summed E-state index contributed by atoms with van der Waals surface area (Å²) in [7, 11) is 0. The molecule has 0 aliphatic carbocycles. The van der Waals surface area contributed by atoms with Gasteiger partial charge < -0.3 is 59.1 Å². The fourth-order valence-corrected chi connectivity index (χ4v) is 6.56. The Hall–Kier alpha value is -1.95. The predicted molar refractivity (Wildman–Crippen MR) is 191 cm³/mol. The lowest BCUT2D eigenvalue weighted by Crippen LogP contribution is -2.63. The molecule has 6 N–H and O–H groups in total. The summed E-state index contributed by atoms with van der Waals surface area (Å²) in [6.07, 6.45) is -3.58. The molecule has 0 aromatic heterocycles. The van der Waals surface area contributed by atoms with E-state index < -0.39 is 105 Å². The first-order valence-corrected chi connectivity index (χ1v) is 19.4. The number of unbranched alkanes of at least 4 members (excludes halogenated alkanes) is 3. The third-order valence-corrected chi connectivity index (χ3v) is 9.75. The van der Waals surface area contributed by atoms with Crippen LogP contribution in [0.5, 0.6) is 0 Å². The van der Waals surface area contributed by atoms with Gasteiger partial charge in [-0.3, -0.25) is 14.4 Å². The van der Waals surface area contributed by atoms with Gasteiger partial charge in [-0.2, -0.15) is 0 Å². The van der Waals surface area contributed by atoms with E-state index in [1.807, 2.05) is 0 Å². The van der Waals surface area contributed by atoms with Gasteiger partial charge in [-0.15, -0.1) is 0 Å². The standard InChI is InChI=1S/C38H68O15/c1-24(2)13-7-10-16-29(42)50-32-27(19-39)49-28(20-48-23-37(21-40)35(45)36(46)38(47,22-41)53-37)33(51-30(43)17-11-8-14-25(3)4)34(32)52-31(44)18-12-9-15-26(5)6/h24-28,32-36,39-41,45-47H,7-23H2,1-6H3/t27-,28-,32-,33+,34+,35+,36+,37+,38-/m1/s1. The minimum absolute atomic E-state index is 0.0433. The molecular formula is C38H68O15. The van der Waals surface area contributed by atoms with Crippen LogP contribution in [-0.2, 0) is 42.8 Å². The van der Waals surface area contributed by atoms with Crippen molar-refractivity contribution in [3.63, 3.8) is 0 Å². The van der Waals surface area contributed by atoms with Crippen LogP contribution >= 0.6 is 0 Å². The van der Waals surface area contributed by atoms with Gasteiger partial charge in [0.1, 0.15) is 30.0 Å². The minimum atomic E-state index is -2.58. The molecule has 2 aliphatic rings. The summed E-state index contributed by atoms with van der Waals surface area (Å²) < 4.78 is 35.0. The molecule has 0 bridgehead atoms. The number of esters is 3. The Labute approximate surface area is 314 Å². The number of rotatable bonds is 25. The van der Waals surface area contributed by atoms with Gasteiger partial charge in [-0.05, 0) is 37.0 Å². The molecule has 2 heterocycles. The van der Waals surface area contributed by atoms with E-state index in [0.717, 1.165) is 38.5 Å². The lowest BCUT2D eigenvalue weighted by atomic mass is 9.93. The van der Waals surface area contributed by atoms with Crippen LogP contribution in [0.25, 0.3) is 0 Å². The Kier molecular flexibility index (Phi) is 20.7. The van der Waals surface area contributed by atoms with Crippen molar-refractivity contribution in [3.05, 3.63) is 0 Å². The molecule has 15 nitrogen and oxygen atoms in total. The number of ether oxygens (including phenoxy) is 6. The Bertz CT molecular complexity index is 1090. The SMILES string of the molecule is CC(C)CCCCC(=O)O[C@@H]1[C@@H](OC(=O)CCCCC(C)C)[C@@H](COC[C@]2(CO)O[C@](O)(CO)[C@@H](O)[C@@H]2O)O[C@H](CO)[C@H]1OC(=O)CCCCC(C)C. The first kappa shape index (κ1) is 47.2. The minimum Gasteiger partial charge on any atom is -0.455 e. The quantitative estimate of drug-likeness (QED) is 0.0446. The second kappa shape index (κ2) is 23.2. The summed E-state index contributed by atoms with van der Waals surface area (Å²) in [5, 5.41) is 61.6. The Morgan fingerprint density at radius 1 is 0.623 bits per heavy atom. The fraction of sp³-hybridized carbons (Fsp3) is 0.921. The van der Waals surface area contributed by atoms with E-state index in [4.69, 9.17) is 28.4 Å². The van der Waals surface area contributed by atoms with Crippen LogP contribution in [0, 0.1) is 17.8 Å². The van der Waals surface area contributed by atoms with Crippen molar-refractivity contribution >= 4 is 17.9 Å². The van der Waals surface area contributed by atoms with E-state index in [9.17, 15) is 45.0 Å². The van der Waals surface area contributed by atoms with Crippen molar-refractivity contribution in [2.45, 2.75) is 173 Å². The molecule has 0 amide bonds. The van der Waals surface area contributed by atoms with E-state index in [-0.39, 0.29) is 19.3 Å². The van der Waals surface area contributed by atoms with E-state index >= 15 is 0 Å². The zero-order valence-corrected chi connectivity index (χ0v) is 32.7. The van der Waals surface area contributed by atoms with E-state index in [0.29, 0.717) is 37.0 Å². The monoisotopic (exact) mass is 764 g/mol. The maximum absolute atomic E-state index is 13.3. The molecule has 0 aromatic rings. The molecule has 0 saturated carbocycles. The second-order valence-electron chi connectivity index (χ2n) is 15.9. The number of carbonyl (C=O) groups excluding carboxylic acids is 3. The van der Waals surface area contributed by atoms with Crippen molar-refractivity contribution in [2.24, 2.45) is 17.8 Å². The first-order valence-electron chi connectivity index (χ1n) is 19.4. The lowest BCUT2D eigenvalue weighted by molar-refractivity contribution is -0.283. The summed E-state index contributed by atoms with van der Waals surface area (Å²) >= 11 is 0. The van der Waals surface area contributed by atoms with Crippen molar-refractivity contribution in [2.75, 3.05) is 33.0 Å². The molecule has 310 valence electrons. The normalized spacial score (nSPS) is 30.3. The molecule has 2 fully saturated rings. The maximum Gasteiger partial charge on any atom is 0.306 e. The summed E-state index contributed by atoms with van der Waals surface area (Å²) in [5.41, 5.74) is -2.07. The topological polar surface area (TPSA) is 228 Å². The highest BCUT2D eigenvalue weighted by Crippen LogP contribution is 2.38. The highest BCUT2D eigenvalue weighted by atomic mass is 16.7. The van der Waals surface area contributed by atoms with Gasteiger partial charge in [0.05, 0.1) is 33.0 Å². The van der Waals surface area contributed by atoms with Gasteiger partial charge in [-0.25, -0.2) is 0 Å². The molecule has 9 atom stereocenters. The highest BCUT2D eigenvalue weighted by Gasteiger charge is 2.62. The summed E-state index contributed by atoms with van der Waals surface area (Å²) in [6, 6.07) is 0. The smallest absolute Gasteiger partial charge is 0.306 e. The molecule has 0 unspecified atom stereocenters. The van der Waals surface area contributed by atoms with Gasteiger partial charge >= 0.3 is 17.9 Å². The third kappa shape index (κ3) is 14.9. The van der Waals surface area contributed by atoms with Gasteiger partial charge in [0.2, 0.25) is 5.79 Å². The van der Waals surface area contributed by atoms with Crippen LogP contribution in [0.1, 0.15) is 119 Å². The van der Waals surface area contributed by atoms with Gasteiger partial charge in [0, 0.05) is 19.3 Å². The molecule has 0 aromatic carbocycles. The van der Waals surface area contributed by atoms with Crippen molar-refractivity contribution in [1.82, 2.24) is 0 Å². The van der Waals surface area contributed by atoms with Gasteiger partial charge in [0.15, 0.2) is 18.3 Å². The third-order valence-electron chi connectivity index (χ3n) is 9.75. The van der Waals surface area contributed by atoms with Crippen LogP contribution in [0.2, 0.25) is 0 Å². The van der Waals surface area contributed by atoms with Gasteiger partial charge in [-0.1, -0.05) is 80.1 Å². The summed E-state index contributed by atoms with van der Waals surface area (Å²) in [4.78, 5) is 39.7. The Morgan fingerprint density at radius 3 is 1.43 bits per heavy atom. The van der Waals surface area contributed by atoms with E-state index in [2.05, 4.69) is 41.5 Å². The number of aliphatic hydroxyl groups excluding tert-OH is 5. The zero-order chi connectivity index (χ0) is 39.8. The number of hydrogen-bond donors (Lipinski definition) is 6. The molecular weight excluding hydrogens is 696 g/mol. The predicted octanol–water partition coefficient (Wildman–Crippen LogP) is 2.31. The Morgan fingerprint density at radius 2 is 1.06 bits per heavy atom. The lowest BCUT2D eigenvalue weighted by Gasteiger charge is -2.44. The van der Waals surface area contributed by atoms with Crippen LogP contribution in [-0.4, -0.2) is 136 Å². The molecule has 15 heteroatoms. The molecule has 2 aliphatic heterocycles. The largest absolute Gasteiger partial charge is 0.455 e. The van der Waals surface area contributed by atoms with Crippen molar-refractivity contribution in [1.29, 1.82) is 0 Å². The second-order valence-corrected chi connectivity index (χ2v) is 15.9. The van der Waals surface area contributed by atoms with Gasteiger partial charge in [0.25, 0.3) is 0 Å². The number of hydrogen-bond acceptors (Lipinski definition) is 15. The van der Waals surface area contributed by atoms with Crippen LogP contribution in [0.3, 0.4) is 0 Å². The average Bonchev–Trinajstić information content (AvgIpc) is 3.29. The molecule has 53 heavy (non-hydrogen) atoms. The Balaban J connectivity index is 2.39. The van der Waals surface area contributed by atoms with Crippen LogP contribution < -0.4 is 0 Å². The average molecular weight is 765 g/mol. The van der Waals surface area contributed by atoms with E-state index in [1.165, 1.54) is 0 Å². The van der Waals surface area contributed by atoms with E-state index in [1.54, 1.807) is 0 Å². The molecule has 0 radical (unpaired) electrons. The number of aliphatic hydroxyl groups is 6. The fourth-order valence-electron chi connectivity index (χ4n) is 6.56. The van der Waals surface area contributed by atoms with Crippen molar-refractivity contribution < 1.29 is 73.4 Å². The molecule has 2 rings (SSSR count). The molecule has 0 spiro atoms. The highest BCUT2D eigenvalue weighted by molar-refractivity contribution is 5.71. The first-order chi connectivity index (χ1) is 25.0. The van der Waals surface area contributed by atoms with Crippen LogP contribution in [0.4, 0.5) is 0 Å². The number of carbonyl (C=O) groups is 3. The maximum atomic E-state index is 13.3. The molecule has 2 saturated heterocycles. The zero-order valence-electron chi connectivity index (χ0n) is 32.7. The summed E-state index contributed by atoms with van der Waals surface area (Å²) in [5.74, 6) is -3.07. The summed E-state index contributed by atoms with van der Waals surface area (Å²) in [6.45, 7) is 8.71.